The minimum Gasteiger partial charge on any atom is -0.491 e. The number of ether oxygens (including phenoxy) is 1. The van der Waals surface area contributed by atoms with E-state index in [1.807, 2.05) is 12.1 Å². The lowest BCUT2D eigenvalue weighted by Crippen LogP contribution is -2.25. The van der Waals surface area contributed by atoms with Crippen molar-refractivity contribution in [2.45, 2.75) is 32.9 Å². The molecule has 0 radical (unpaired) electrons. The maximum atomic E-state index is 5.73. The van der Waals surface area contributed by atoms with E-state index in [-0.39, 0.29) is 6.04 Å². The fraction of sp³-hybridized carbons (Fsp3) is 0.333. The number of hydrogen-bond acceptors (Lipinski definition) is 2. The number of nitrogens with one attached hydrogen (secondary N) is 1. The molecule has 1 heterocycles. The topological polar surface area (TPSA) is 21.3 Å². The van der Waals surface area contributed by atoms with Gasteiger partial charge in [-0.2, -0.15) is 0 Å². The van der Waals surface area contributed by atoms with Crippen LogP contribution in [0.4, 0.5) is 0 Å². The molecule has 2 unspecified atom stereocenters. The minimum absolute atomic E-state index is 0.280. The molecule has 0 aromatic heterocycles. The van der Waals surface area contributed by atoms with Gasteiger partial charge in [0.2, 0.25) is 0 Å². The summed E-state index contributed by atoms with van der Waals surface area (Å²) in [5.74, 6) is 1.01. The average Bonchev–Trinajstić information content (AvgIpc) is 2.85. The van der Waals surface area contributed by atoms with Crippen LogP contribution in [-0.4, -0.2) is 6.61 Å². The minimum atomic E-state index is 0.280. The molecule has 2 atom stereocenters. The summed E-state index contributed by atoms with van der Waals surface area (Å²) in [5.41, 5.74) is 5.29. The molecule has 1 aliphatic heterocycles. The van der Waals surface area contributed by atoms with Gasteiger partial charge in [0.1, 0.15) is 12.4 Å². The molecule has 1 aliphatic rings. The molecule has 2 nitrogen and oxygen atoms in total. The highest BCUT2D eigenvalue weighted by Crippen LogP contribution is 2.33. The molecule has 0 saturated carbocycles. The first-order valence-electron chi connectivity index (χ1n) is 7.20. The van der Waals surface area contributed by atoms with Crippen molar-refractivity contribution < 1.29 is 4.74 Å². The number of aryl methyl sites for hydroxylation is 2. The first-order valence-corrected chi connectivity index (χ1v) is 7.20. The third-order valence-corrected chi connectivity index (χ3v) is 4.18. The van der Waals surface area contributed by atoms with Gasteiger partial charge in [-0.1, -0.05) is 36.4 Å². The molecule has 2 heteroatoms. The zero-order chi connectivity index (χ0) is 14.1. The van der Waals surface area contributed by atoms with Crippen molar-refractivity contribution in [2.24, 2.45) is 0 Å². The third-order valence-electron chi connectivity index (χ3n) is 4.18. The molecule has 0 spiro atoms. The van der Waals surface area contributed by atoms with Gasteiger partial charge < -0.3 is 10.1 Å². The highest BCUT2D eigenvalue weighted by Gasteiger charge is 2.24. The summed E-state index contributed by atoms with van der Waals surface area (Å²) < 4.78 is 5.73. The van der Waals surface area contributed by atoms with Gasteiger partial charge in [-0.25, -0.2) is 0 Å². The van der Waals surface area contributed by atoms with Gasteiger partial charge in [0.05, 0.1) is 6.04 Å². The van der Waals surface area contributed by atoms with Gasteiger partial charge in [-0.05, 0) is 43.5 Å². The van der Waals surface area contributed by atoms with Crippen LogP contribution >= 0.6 is 0 Å². The van der Waals surface area contributed by atoms with Crippen LogP contribution in [0.15, 0.2) is 42.5 Å². The number of rotatable bonds is 3. The van der Waals surface area contributed by atoms with E-state index in [4.69, 9.17) is 4.74 Å². The number of para-hydroxylation sites is 1. The quantitative estimate of drug-likeness (QED) is 0.904. The van der Waals surface area contributed by atoms with Crippen LogP contribution in [-0.2, 0) is 0 Å². The summed E-state index contributed by atoms with van der Waals surface area (Å²) in [7, 11) is 0. The van der Waals surface area contributed by atoms with Crippen LogP contribution in [0.25, 0.3) is 0 Å². The Morgan fingerprint density at radius 2 is 1.90 bits per heavy atom. The van der Waals surface area contributed by atoms with Crippen molar-refractivity contribution in [2.75, 3.05) is 6.61 Å². The molecular weight excluding hydrogens is 246 g/mol. The summed E-state index contributed by atoms with van der Waals surface area (Å²) in [4.78, 5) is 0. The Hall–Kier alpha value is -1.80. The van der Waals surface area contributed by atoms with Gasteiger partial charge in [0.25, 0.3) is 0 Å². The van der Waals surface area contributed by atoms with Crippen LogP contribution in [0, 0.1) is 13.8 Å². The first-order chi connectivity index (χ1) is 9.65. The van der Waals surface area contributed by atoms with Gasteiger partial charge in [0, 0.05) is 11.6 Å². The molecule has 3 rings (SSSR count). The Labute approximate surface area is 120 Å². The van der Waals surface area contributed by atoms with E-state index in [1.165, 1.54) is 22.3 Å². The Kier molecular flexibility index (Phi) is 3.49. The summed E-state index contributed by atoms with van der Waals surface area (Å²) in [6.45, 7) is 7.25. The standard InChI is InChI=1S/C18H21NO/c1-12-8-9-15(10-13(12)2)14(3)19-17-11-20-18-7-5-4-6-16(17)18/h4-10,14,17,19H,11H2,1-3H3. The van der Waals surface area contributed by atoms with Crippen molar-refractivity contribution in [1.29, 1.82) is 0 Å². The summed E-state index contributed by atoms with van der Waals surface area (Å²) >= 11 is 0. The van der Waals surface area contributed by atoms with E-state index < -0.39 is 0 Å². The maximum absolute atomic E-state index is 5.73. The van der Waals surface area contributed by atoms with Crippen LogP contribution < -0.4 is 10.1 Å². The number of benzene rings is 2. The Morgan fingerprint density at radius 3 is 2.70 bits per heavy atom. The molecule has 2 aromatic rings. The number of hydrogen-bond donors (Lipinski definition) is 1. The van der Waals surface area contributed by atoms with Crippen molar-refractivity contribution >= 4 is 0 Å². The monoisotopic (exact) mass is 267 g/mol. The highest BCUT2D eigenvalue weighted by atomic mass is 16.5. The van der Waals surface area contributed by atoms with E-state index in [0.29, 0.717) is 12.6 Å². The van der Waals surface area contributed by atoms with Crippen molar-refractivity contribution in [3.05, 3.63) is 64.7 Å². The lowest BCUT2D eigenvalue weighted by atomic mass is 10.0. The fourth-order valence-corrected chi connectivity index (χ4v) is 2.73. The molecule has 0 bridgehead atoms. The van der Waals surface area contributed by atoms with E-state index in [0.717, 1.165) is 5.75 Å². The molecular formula is C18H21NO. The maximum Gasteiger partial charge on any atom is 0.124 e. The highest BCUT2D eigenvalue weighted by molar-refractivity contribution is 5.39. The summed E-state index contributed by atoms with van der Waals surface area (Å²) in [6.07, 6.45) is 0. The van der Waals surface area contributed by atoms with Gasteiger partial charge in [-0.15, -0.1) is 0 Å². The third kappa shape index (κ3) is 2.44. The smallest absolute Gasteiger partial charge is 0.124 e. The Balaban J connectivity index is 1.77. The fourth-order valence-electron chi connectivity index (χ4n) is 2.73. The van der Waals surface area contributed by atoms with E-state index in [1.54, 1.807) is 0 Å². The molecule has 20 heavy (non-hydrogen) atoms. The Bertz CT molecular complexity index is 621. The molecule has 1 N–H and O–H groups in total. The van der Waals surface area contributed by atoms with Crippen molar-refractivity contribution in [3.8, 4) is 5.75 Å². The largest absolute Gasteiger partial charge is 0.491 e. The van der Waals surface area contributed by atoms with Crippen molar-refractivity contribution in [3.63, 3.8) is 0 Å². The normalized spacial score (nSPS) is 18.4. The predicted molar refractivity (Wildman–Crippen MR) is 82.1 cm³/mol. The number of fused-ring (bicyclic) bond motifs is 1. The van der Waals surface area contributed by atoms with Gasteiger partial charge in [0.15, 0.2) is 0 Å². The molecule has 104 valence electrons. The zero-order valence-corrected chi connectivity index (χ0v) is 12.3. The zero-order valence-electron chi connectivity index (χ0n) is 12.3. The lowest BCUT2D eigenvalue weighted by Gasteiger charge is -2.20. The molecule has 0 saturated heterocycles. The second kappa shape index (κ2) is 5.29. The predicted octanol–water partition coefficient (Wildman–Crippen LogP) is 4.09. The molecule has 0 aliphatic carbocycles. The molecule has 0 fully saturated rings. The van der Waals surface area contributed by atoms with Crippen LogP contribution in [0.3, 0.4) is 0 Å². The van der Waals surface area contributed by atoms with E-state index in [9.17, 15) is 0 Å². The lowest BCUT2D eigenvalue weighted by molar-refractivity contribution is 0.301. The van der Waals surface area contributed by atoms with Gasteiger partial charge in [-0.3, -0.25) is 0 Å². The Morgan fingerprint density at radius 1 is 1.10 bits per heavy atom. The van der Waals surface area contributed by atoms with E-state index in [2.05, 4.69) is 56.4 Å². The SMILES string of the molecule is Cc1ccc(C(C)NC2COc3ccccc32)cc1C. The molecule has 2 aromatic carbocycles. The van der Waals surface area contributed by atoms with Crippen LogP contribution in [0.5, 0.6) is 5.75 Å². The second-order valence-corrected chi connectivity index (χ2v) is 5.63. The summed E-state index contributed by atoms with van der Waals surface area (Å²) in [5, 5.41) is 3.67. The van der Waals surface area contributed by atoms with Gasteiger partial charge >= 0.3 is 0 Å². The van der Waals surface area contributed by atoms with Crippen molar-refractivity contribution in [1.82, 2.24) is 5.32 Å². The van der Waals surface area contributed by atoms with Crippen LogP contribution in [0.1, 0.15) is 41.3 Å². The first kappa shape index (κ1) is 13.2. The van der Waals surface area contributed by atoms with E-state index >= 15 is 0 Å². The van der Waals surface area contributed by atoms with Crippen LogP contribution in [0.2, 0.25) is 0 Å². The average molecular weight is 267 g/mol. The molecule has 0 amide bonds. The second-order valence-electron chi connectivity index (χ2n) is 5.63. The summed E-state index contributed by atoms with van der Waals surface area (Å²) in [6, 6.07) is 15.6.